The number of nitrogens with zero attached hydrogens (tertiary/aromatic N) is 6. The number of pyridine rings is 1. The average molecular weight is 496 g/mol. The highest BCUT2D eigenvalue weighted by atomic mass is 16.4. The van der Waals surface area contributed by atoms with Crippen molar-refractivity contribution < 1.29 is 39.6 Å². The molecule has 3 heterocycles. The zero-order valence-electron chi connectivity index (χ0n) is 18.8. The topological polar surface area (TPSA) is 225 Å². The molecule has 1 aliphatic heterocycles. The Morgan fingerprint density at radius 1 is 0.829 bits per heavy atom. The fourth-order valence-corrected chi connectivity index (χ4v) is 2.74. The Balaban J connectivity index is 0.000000425. The summed E-state index contributed by atoms with van der Waals surface area (Å²) in [6.07, 6.45) is 3.59. The maximum atomic E-state index is 12.2. The van der Waals surface area contributed by atoms with E-state index in [1.807, 2.05) is 17.0 Å². The maximum Gasteiger partial charge on any atom is 0.414 e. The third kappa shape index (κ3) is 9.04. The molecule has 0 atom stereocenters. The molecule has 16 heteroatoms. The monoisotopic (exact) mass is 496 g/mol. The third-order valence-electron chi connectivity index (χ3n) is 4.50. The van der Waals surface area contributed by atoms with Crippen LogP contribution in [0.4, 0.5) is 5.82 Å². The van der Waals surface area contributed by atoms with E-state index in [0.29, 0.717) is 18.9 Å². The van der Waals surface area contributed by atoms with E-state index in [9.17, 15) is 9.59 Å². The van der Waals surface area contributed by atoms with Gasteiger partial charge in [-0.15, -0.1) is 5.10 Å². The summed E-state index contributed by atoms with van der Waals surface area (Å²) in [6.45, 7) is 3.98. The third-order valence-corrected chi connectivity index (χ3v) is 4.50. The van der Waals surface area contributed by atoms with E-state index in [0.717, 1.165) is 24.2 Å². The first-order valence-electron chi connectivity index (χ1n) is 9.78. The quantitative estimate of drug-likeness (QED) is 0.322. The number of hydrogen-bond acceptors (Lipinski definition) is 10. The number of rotatable bonds is 3. The predicted octanol–water partition coefficient (Wildman–Crippen LogP) is -2.49. The minimum absolute atomic E-state index is 0.337. The number of anilines is 1. The molecule has 0 saturated carbocycles. The molecule has 1 fully saturated rings. The number of aliphatic carboxylic acids is 4. The lowest BCUT2D eigenvalue weighted by Crippen LogP contribution is -2.50. The van der Waals surface area contributed by atoms with Crippen molar-refractivity contribution in [1.82, 2.24) is 24.2 Å². The van der Waals surface area contributed by atoms with Crippen molar-refractivity contribution in [3.8, 4) is 0 Å². The Morgan fingerprint density at radius 2 is 1.29 bits per heavy atom. The molecule has 2 aromatic rings. The van der Waals surface area contributed by atoms with E-state index >= 15 is 0 Å². The van der Waals surface area contributed by atoms with Gasteiger partial charge in [-0.3, -0.25) is 19.2 Å². The molecule has 0 radical (unpaired) electrons. The van der Waals surface area contributed by atoms with Crippen LogP contribution in [0.15, 0.2) is 34.1 Å². The van der Waals surface area contributed by atoms with E-state index < -0.39 is 29.6 Å². The first-order valence-corrected chi connectivity index (χ1v) is 9.78. The molecule has 3 rings (SSSR count). The molecule has 0 unspecified atom stereocenters. The molecular formula is C19H24N6O10. The van der Waals surface area contributed by atoms with E-state index in [4.69, 9.17) is 39.6 Å². The summed E-state index contributed by atoms with van der Waals surface area (Å²) in [6, 6.07) is 4.02. The highest BCUT2D eigenvalue weighted by Gasteiger charge is 2.22. The second-order valence-corrected chi connectivity index (χ2v) is 6.93. The number of carbonyl (C=O) groups is 4. The van der Waals surface area contributed by atoms with Gasteiger partial charge in [-0.1, -0.05) is 0 Å². The molecule has 1 aliphatic rings. The Kier molecular flexibility index (Phi) is 10.7. The first-order chi connectivity index (χ1) is 16.3. The maximum absolute atomic E-state index is 12.2. The van der Waals surface area contributed by atoms with Crippen LogP contribution in [0.1, 0.15) is 5.56 Å². The Bertz CT molecular complexity index is 1120. The van der Waals surface area contributed by atoms with Crippen molar-refractivity contribution in [2.45, 2.75) is 6.54 Å². The molecule has 0 aliphatic carbocycles. The second kappa shape index (κ2) is 13.2. The minimum Gasteiger partial charge on any atom is -0.473 e. The summed E-state index contributed by atoms with van der Waals surface area (Å²) in [4.78, 5) is 68.7. The summed E-state index contributed by atoms with van der Waals surface area (Å²) < 4.78 is 2.31. The first kappa shape index (κ1) is 28.4. The molecule has 0 aromatic carbocycles. The number of aromatic nitrogens is 4. The highest BCUT2D eigenvalue weighted by molar-refractivity contribution is 6.27. The molecule has 0 amide bonds. The van der Waals surface area contributed by atoms with E-state index in [2.05, 4.69) is 15.0 Å². The summed E-state index contributed by atoms with van der Waals surface area (Å²) in [5.41, 5.74) is 0.482. The van der Waals surface area contributed by atoms with Gasteiger partial charge in [0, 0.05) is 59.2 Å². The molecule has 0 spiro atoms. The average Bonchev–Trinajstić information content (AvgIpc) is 2.82. The predicted molar refractivity (Wildman–Crippen MR) is 117 cm³/mol. The van der Waals surface area contributed by atoms with Crippen LogP contribution in [0.2, 0.25) is 0 Å². The van der Waals surface area contributed by atoms with Gasteiger partial charge in [0.25, 0.3) is 5.56 Å². The lowest BCUT2D eigenvalue weighted by Gasteiger charge is -2.35. The highest BCUT2D eigenvalue weighted by Crippen LogP contribution is 2.11. The van der Waals surface area contributed by atoms with Gasteiger partial charge in [0.1, 0.15) is 0 Å². The van der Waals surface area contributed by atoms with Crippen molar-refractivity contribution in [2.75, 3.05) is 31.1 Å². The fourth-order valence-electron chi connectivity index (χ4n) is 2.74. The molecule has 1 saturated heterocycles. The second-order valence-electron chi connectivity index (χ2n) is 6.93. The van der Waals surface area contributed by atoms with Crippen molar-refractivity contribution in [2.24, 2.45) is 14.1 Å². The number of piperazine rings is 1. The van der Waals surface area contributed by atoms with E-state index in [1.165, 1.54) is 17.3 Å². The van der Waals surface area contributed by atoms with Crippen molar-refractivity contribution in [3.05, 3.63) is 50.9 Å². The van der Waals surface area contributed by atoms with Gasteiger partial charge in [0.05, 0.1) is 0 Å². The van der Waals surface area contributed by atoms with Gasteiger partial charge >= 0.3 is 29.6 Å². The molecular weight excluding hydrogens is 472 g/mol. The molecule has 16 nitrogen and oxygen atoms in total. The van der Waals surface area contributed by atoms with Gasteiger partial charge in [0.2, 0.25) is 5.82 Å². The van der Waals surface area contributed by atoms with Gasteiger partial charge in [0.15, 0.2) is 0 Å². The van der Waals surface area contributed by atoms with Gasteiger partial charge < -0.3 is 25.3 Å². The zero-order chi connectivity index (χ0) is 26.7. The Labute approximate surface area is 196 Å². The molecule has 2 aromatic heterocycles. The van der Waals surface area contributed by atoms with Crippen LogP contribution in [0.3, 0.4) is 0 Å². The SMILES string of the molecule is Cn1nc(N2CCN(Cc3ccncc3)CC2)c(=O)n(C)c1=O.O=C(O)C(=O)O.O=C(O)C(=O)O. The summed E-state index contributed by atoms with van der Waals surface area (Å²) in [5, 5.41) is 33.7. The smallest absolute Gasteiger partial charge is 0.414 e. The Morgan fingerprint density at radius 3 is 1.71 bits per heavy atom. The van der Waals surface area contributed by atoms with Gasteiger partial charge in [-0.2, -0.15) is 0 Å². The number of aryl methyl sites for hydroxylation is 1. The number of hydrogen-bond donors (Lipinski definition) is 4. The van der Waals surface area contributed by atoms with Crippen LogP contribution >= 0.6 is 0 Å². The van der Waals surface area contributed by atoms with Crippen LogP contribution in [0.5, 0.6) is 0 Å². The van der Waals surface area contributed by atoms with Crippen LogP contribution in [-0.4, -0.2) is 94.7 Å². The summed E-state index contributed by atoms with van der Waals surface area (Å²) in [7, 11) is 3.04. The van der Waals surface area contributed by atoms with Crippen molar-refractivity contribution >= 4 is 29.7 Å². The standard InChI is InChI=1S/C15H20N6O2.2C2H2O4/c1-18-14(22)13(17-19(2)15(18)23)21-9-7-20(8-10-21)11-12-3-5-16-6-4-12;2*3-1(4)2(5)6/h3-6H,7-11H2,1-2H3;2*(H,3,4)(H,5,6). The summed E-state index contributed by atoms with van der Waals surface area (Å²) >= 11 is 0. The van der Waals surface area contributed by atoms with E-state index in [-0.39, 0.29) is 5.56 Å². The lowest BCUT2D eigenvalue weighted by molar-refractivity contribution is -0.159. The minimum atomic E-state index is -1.82. The van der Waals surface area contributed by atoms with Crippen molar-refractivity contribution in [1.29, 1.82) is 0 Å². The Hall–Kier alpha value is -4.60. The lowest BCUT2D eigenvalue weighted by atomic mass is 10.2. The van der Waals surface area contributed by atoms with Crippen LogP contribution in [0, 0.1) is 0 Å². The normalized spacial score (nSPS) is 12.9. The largest absolute Gasteiger partial charge is 0.473 e. The molecule has 4 N–H and O–H groups in total. The molecule has 190 valence electrons. The molecule has 35 heavy (non-hydrogen) atoms. The zero-order valence-corrected chi connectivity index (χ0v) is 18.8. The summed E-state index contributed by atoms with van der Waals surface area (Å²) in [5.74, 6) is -6.95. The van der Waals surface area contributed by atoms with Crippen LogP contribution < -0.4 is 16.1 Å². The molecule has 0 bridgehead atoms. The number of carboxylic acids is 4. The van der Waals surface area contributed by atoms with Crippen molar-refractivity contribution in [3.63, 3.8) is 0 Å². The number of carboxylic acid groups (broad SMARTS) is 4. The van der Waals surface area contributed by atoms with Gasteiger partial charge in [-0.05, 0) is 17.7 Å². The van der Waals surface area contributed by atoms with Crippen LogP contribution in [0.25, 0.3) is 0 Å². The van der Waals surface area contributed by atoms with Crippen LogP contribution in [-0.2, 0) is 39.8 Å². The fraction of sp³-hybridized carbons (Fsp3) is 0.368. The van der Waals surface area contributed by atoms with Gasteiger partial charge in [-0.25, -0.2) is 28.7 Å². The van der Waals surface area contributed by atoms with E-state index in [1.54, 1.807) is 19.4 Å².